The quantitative estimate of drug-likeness (QED) is 0.744. The maximum absolute atomic E-state index is 12.6. The van der Waals surface area contributed by atoms with Crippen LogP contribution in [0.5, 0.6) is 0 Å². The van der Waals surface area contributed by atoms with Crippen molar-refractivity contribution in [2.75, 3.05) is 13.1 Å². The Kier molecular flexibility index (Phi) is 3.55. The second-order valence-electron chi connectivity index (χ2n) is 4.20. The highest BCUT2D eigenvalue weighted by molar-refractivity contribution is 5.85. The number of hydrogen-bond donors (Lipinski definition) is 1. The number of halogens is 3. The lowest BCUT2D eigenvalue weighted by atomic mass is 10.1. The average molecular weight is 241 g/mol. The van der Waals surface area contributed by atoms with Crippen molar-refractivity contribution >= 4 is 18.3 Å². The summed E-state index contributed by atoms with van der Waals surface area (Å²) in [6, 6.07) is -0.0416. The Bertz CT molecular complexity index is 262. The fourth-order valence-electron chi connectivity index (χ4n) is 1.91. The van der Waals surface area contributed by atoms with Crippen LogP contribution in [-0.4, -0.2) is 35.9 Å². The summed E-state index contributed by atoms with van der Waals surface area (Å²) < 4.78 is 25.2. The molecule has 0 spiro atoms. The SMILES string of the molecule is Cl.NC1CCCN(C(=O)C2CC2(F)F)C1. The Balaban J connectivity index is 0.00000112. The first-order valence-electron chi connectivity index (χ1n) is 4.93. The molecule has 0 aromatic heterocycles. The molecule has 1 amide bonds. The molecule has 0 bridgehead atoms. The topological polar surface area (TPSA) is 46.3 Å². The van der Waals surface area contributed by atoms with E-state index in [9.17, 15) is 13.6 Å². The van der Waals surface area contributed by atoms with E-state index in [0.29, 0.717) is 13.1 Å². The van der Waals surface area contributed by atoms with Crippen LogP contribution in [0.15, 0.2) is 0 Å². The number of likely N-dealkylation sites (tertiary alicyclic amines) is 1. The molecule has 1 aliphatic carbocycles. The van der Waals surface area contributed by atoms with Crippen LogP contribution in [0, 0.1) is 5.92 Å². The summed E-state index contributed by atoms with van der Waals surface area (Å²) >= 11 is 0. The number of alkyl halides is 2. The van der Waals surface area contributed by atoms with Crippen LogP contribution in [0.25, 0.3) is 0 Å². The van der Waals surface area contributed by atoms with Crippen LogP contribution in [0.2, 0.25) is 0 Å². The highest BCUT2D eigenvalue weighted by Gasteiger charge is 2.62. The molecule has 0 aromatic rings. The van der Waals surface area contributed by atoms with E-state index in [0.717, 1.165) is 12.8 Å². The molecule has 1 saturated heterocycles. The first kappa shape index (κ1) is 12.6. The molecule has 3 nitrogen and oxygen atoms in total. The minimum Gasteiger partial charge on any atom is -0.341 e. The summed E-state index contributed by atoms with van der Waals surface area (Å²) in [5.41, 5.74) is 5.67. The Hall–Kier alpha value is -0.420. The van der Waals surface area contributed by atoms with Gasteiger partial charge in [-0.05, 0) is 12.8 Å². The smallest absolute Gasteiger partial charge is 0.260 e. The summed E-state index contributed by atoms with van der Waals surface area (Å²) in [5.74, 6) is -4.23. The van der Waals surface area contributed by atoms with Gasteiger partial charge >= 0.3 is 0 Å². The Labute approximate surface area is 93.4 Å². The second-order valence-corrected chi connectivity index (χ2v) is 4.20. The van der Waals surface area contributed by atoms with Crippen LogP contribution in [0.3, 0.4) is 0 Å². The molecule has 1 heterocycles. The number of nitrogens with two attached hydrogens (primary N) is 1. The van der Waals surface area contributed by atoms with E-state index in [1.54, 1.807) is 0 Å². The third-order valence-electron chi connectivity index (χ3n) is 2.89. The number of nitrogens with zero attached hydrogens (tertiary/aromatic N) is 1. The monoisotopic (exact) mass is 240 g/mol. The van der Waals surface area contributed by atoms with Crippen LogP contribution >= 0.6 is 12.4 Å². The second kappa shape index (κ2) is 4.22. The summed E-state index contributed by atoms with van der Waals surface area (Å²) in [5, 5.41) is 0. The Morgan fingerprint density at radius 2 is 2.07 bits per heavy atom. The molecule has 1 saturated carbocycles. The molecule has 15 heavy (non-hydrogen) atoms. The maximum Gasteiger partial charge on any atom is 0.260 e. The van der Waals surface area contributed by atoms with Crippen molar-refractivity contribution in [2.45, 2.75) is 31.2 Å². The minimum absolute atomic E-state index is 0. The lowest BCUT2D eigenvalue weighted by Gasteiger charge is -2.30. The van der Waals surface area contributed by atoms with Crippen molar-refractivity contribution in [1.82, 2.24) is 4.90 Å². The van der Waals surface area contributed by atoms with Gasteiger partial charge in [-0.3, -0.25) is 4.79 Å². The zero-order valence-electron chi connectivity index (χ0n) is 8.29. The zero-order chi connectivity index (χ0) is 10.3. The molecule has 2 fully saturated rings. The zero-order valence-corrected chi connectivity index (χ0v) is 9.10. The van der Waals surface area contributed by atoms with Gasteiger partial charge in [-0.15, -0.1) is 12.4 Å². The molecule has 2 aliphatic rings. The van der Waals surface area contributed by atoms with E-state index in [1.807, 2.05) is 0 Å². The summed E-state index contributed by atoms with van der Waals surface area (Å²) in [6.45, 7) is 1.02. The lowest BCUT2D eigenvalue weighted by molar-refractivity contribution is -0.136. The van der Waals surface area contributed by atoms with Crippen molar-refractivity contribution in [1.29, 1.82) is 0 Å². The van der Waals surface area contributed by atoms with Gasteiger partial charge in [0, 0.05) is 25.6 Å². The number of rotatable bonds is 1. The fourth-order valence-corrected chi connectivity index (χ4v) is 1.91. The van der Waals surface area contributed by atoms with Gasteiger partial charge in [-0.1, -0.05) is 0 Å². The largest absolute Gasteiger partial charge is 0.341 e. The molecule has 2 unspecified atom stereocenters. The van der Waals surface area contributed by atoms with E-state index in [-0.39, 0.29) is 24.9 Å². The number of carbonyl (C=O) groups excluding carboxylic acids is 1. The molecule has 1 aliphatic heterocycles. The van der Waals surface area contributed by atoms with Gasteiger partial charge in [0.05, 0.1) is 0 Å². The normalized spacial score (nSPS) is 33.1. The van der Waals surface area contributed by atoms with E-state index in [2.05, 4.69) is 0 Å². The number of hydrogen-bond acceptors (Lipinski definition) is 2. The first-order chi connectivity index (χ1) is 6.50. The van der Waals surface area contributed by atoms with E-state index in [1.165, 1.54) is 4.90 Å². The van der Waals surface area contributed by atoms with E-state index < -0.39 is 17.7 Å². The van der Waals surface area contributed by atoms with Gasteiger partial charge in [0.2, 0.25) is 5.91 Å². The third-order valence-corrected chi connectivity index (χ3v) is 2.89. The van der Waals surface area contributed by atoms with Crippen molar-refractivity contribution in [3.8, 4) is 0 Å². The van der Waals surface area contributed by atoms with E-state index in [4.69, 9.17) is 5.73 Å². The summed E-state index contributed by atoms with van der Waals surface area (Å²) in [6.07, 6.45) is 1.42. The Morgan fingerprint density at radius 1 is 1.47 bits per heavy atom. The predicted octanol–water partition coefficient (Wildman–Crippen LogP) is 1.01. The summed E-state index contributed by atoms with van der Waals surface area (Å²) in [7, 11) is 0. The highest BCUT2D eigenvalue weighted by atomic mass is 35.5. The standard InChI is InChI=1S/C9H14F2N2O.ClH/c10-9(11)4-7(9)8(14)13-3-1-2-6(12)5-13;/h6-7H,1-5,12H2;1H. The molecular weight excluding hydrogens is 226 g/mol. The first-order valence-corrected chi connectivity index (χ1v) is 4.93. The summed E-state index contributed by atoms with van der Waals surface area (Å²) in [4.78, 5) is 13.0. The van der Waals surface area contributed by atoms with Crippen LogP contribution in [-0.2, 0) is 4.79 Å². The van der Waals surface area contributed by atoms with Crippen molar-refractivity contribution in [3.63, 3.8) is 0 Å². The van der Waals surface area contributed by atoms with Gasteiger partial charge in [-0.2, -0.15) is 0 Å². The van der Waals surface area contributed by atoms with E-state index >= 15 is 0 Å². The molecule has 0 aromatic carbocycles. The minimum atomic E-state index is -2.75. The average Bonchev–Trinajstić information content (AvgIpc) is 2.74. The molecule has 88 valence electrons. The van der Waals surface area contributed by atoms with Crippen molar-refractivity contribution in [2.24, 2.45) is 11.7 Å². The van der Waals surface area contributed by atoms with Gasteiger partial charge in [-0.25, -0.2) is 8.78 Å². The number of carbonyl (C=O) groups is 1. The van der Waals surface area contributed by atoms with Crippen LogP contribution in [0.1, 0.15) is 19.3 Å². The molecule has 0 radical (unpaired) electrons. The molecule has 6 heteroatoms. The van der Waals surface area contributed by atoms with Gasteiger partial charge in [0.25, 0.3) is 5.92 Å². The maximum atomic E-state index is 12.6. The molecular formula is C9H15ClF2N2O. The molecule has 2 rings (SSSR count). The fraction of sp³-hybridized carbons (Fsp3) is 0.889. The molecule has 2 N–H and O–H groups in total. The predicted molar refractivity (Wildman–Crippen MR) is 54.1 cm³/mol. The Morgan fingerprint density at radius 3 is 2.53 bits per heavy atom. The number of piperidine rings is 1. The van der Waals surface area contributed by atoms with Crippen LogP contribution in [0.4, 0.5) is 8.78 Å². The van der Waals surface area contributed by atoms with Gasteiger partial charge in [0.15, 0.2) is 0 Å². The lowest BCUT2D eigenvalue weighted by Crippen LogP contribution is -2.46. The van der Waals surface area contributed by atoms with Crippen molar-refractivity contribution < 1.29 is 13.6 Å². The van der Waals surface area contributed by atoms with Gasteiger partial charge < -0.3 is 10.6 Å². The van der Waals surface area contributed by atoms with Gasteiger partial charge in [0.1, 0.15) is 5.92 Å². The highest BCUT2D eigenvalue weighted by Crippen LogP contribution is 2.49. The number of amides is 1. The molecule has 2 atom stereocenters. The van der Waals surface area contributed by atoms with Crippen molar-refractivity contribution in [3.05, 3.63) is 0 Å². The third kappa shape index (κ3) is 2.58. The van der Waals surface area contributed by atoms with Crippen LogP contribution < -0.4 is 5.73 Å².